The zero-order valence-corrected chi connectivity index (χ0v) is 8.81. The minimum Gasteiger partial charge on any atom is -0.310 e. The number of nitrogens with one attached hydrogen (secondary N) is 1. The summed E-state index contributed by atoms with van der Waals surface area (Å²) in [5, 5.41) is 3.42. The number of hydrogen-bond donors (Lipinski definition) is 1. The van der Waals surface area contributed by atoms with Gasteiger partial charge in [0.05, 0.1) is 11.5 Å². The van der Waals surface area contributed by atoms with E-state index in [-0.39, 0.29) is 6.04 Å². The van der Waals surface area contributed by atoms with Crippen molar-refractivity contribution in [2.75, 3.05) is 11.5 Å². The summed E-state index contributed by atoms with van der Waals surface area (Å²) in [4.78, 5) is 0. The van der Waals surface area contributed by atoms with E-state index in [0.717, 1.165) is 12.3 Å². The van der Waals surface area contributed by atoms with E-state index in [1.165, 1.54) is 12.8 Å². The summed E-state index contributed by atoms with van der Waals surface area (Å²) in [5.74, 6) is 1.54. The molecule has 0 aromatic carbocycles. The Bertz CT molecular complexity index is 282. The molecule has 2 fully saturated rings. The predicted molar refractivity (Wildman–Crippen MR) is 52.4 cm³/mol. The second kappa shape index (κ2) is 3.24. The molecular weight excluding hydrogens is 186 g/mol. The summed E-state index contributed by atoms with van der Waals surface area (Å²) in [6.07, 6.45) is 3.43. The average molecular weight is 203 g/mol. The van der Waals surface area contributed by atoms with Crippen molar-refractivity contribution in [2.24, 2.45) is 5.92 Å². The molecule has 0 bridgehead atoms. The number of rotatable bonds is 3. The average Bonchev–Trinajstić information content (AvgIpc) is 2.78. The van der Waals surface area contributed by atoms with Crippen molar-refractivity contribution in [3.05, 3.63) is 0 Å². The Kier molecular flexibility index (Phi) is 2.36. The molecule has 3 nitrogen and oxygen atoms in total. The van der Waals surface area contributed by atoms with Crippen LogP contribution in [-0.2, 0) is 9.84 Å². The summed E-state index contributed by atoms with van der Waals surface area (Å²) in [7, 11) is -2.71. The maximum Gasteiger partial charge on any atom is 0.151 e. The largest absolute Gasteiger partial charge is 0.310 e. The molecule has 0 aromatic heterocycles. The van der Waals surface area contributed by atoms with E-state index < -0.39 is 9.84 Å². The number of sulfone groups is 1. The van der Waals surface area contributed by atoms with Crippen molar-refractivity contribution in [1.82, 2.24) is 5.32 Å². The molecule has 1 aliphatic carbocycles. The molecule has 0 aromatic rings. The maximum atomic E-state index is 11.2. The fourth-order valence-electron chi connectivity index (χ4n) is 2.03. The molecule has 0 spiro atoms. The van der Waals surface area contributed by atoms with E-state index in [9.17, 15) is 8.42 Å². The van der Waals surface area contributed by atoms with Crippen molar-refractivity contribution >= 4 is 9.84 Å². The van der Waals surface area contributed by atoms with Crippen molar-refractivity contribution in [3.63, 3.8) is 0 Å². The molecule has 1 aliphatic heterocycles. The van der Waals surface area contributed by atoms with Crippen LogP contribution in [0.15, 0.2) is 0 Å². The predicted octanol–water partition coefficient (Wildman–Crippen LogP) is 0.562. The normalized spacial score (nSPS) is 34.7. The standard InChI is InChI=1S/C9H17NO2S/c1-7(8-2-3-8)10-9-4-5-13(11,12)6-9/h7-10H,2-6H2,1H3/t7-,9+/m0/s1. The van der Waals surface area contributed by atoms with E-state index in [2.05, 4.69) is 12.2 Å². The molecule has 13 heavy (non-hydrogen) atoms. The molecule has 2 aliphatic rings. The topological polar surface area (TPSA) is 46.2 Å². The minimum atomic E-state index is -2.71. The van der Waals surface area contributed by atoms with Gasteiger partial charge in [-0.3, -0.25) is 0 Å². The van der Waals surface area contributed by atoms with Crippen LogP contribution in [0.4, 0.5) is 0 Å². The van der Waals surface area contributed by atoms with Crippen molar-refractivity contribution < 1.29 is 8.42 Å². The van der Waals surface area contributed by atoms with Gasteiger partial charge in [0.15, 0.2) is 9.84 Å². The van der Waals surface area contributed by atoms with Crippen molar-refractivity contribution in [3.8, 4) is 0 Å². The summed E-state index contributed by atoms with van der Waals surface area (Å²) < 4.78 is 22.3. The third kappa shape index (κ3) is 2.44. The van der Waals surface area contributed by atoms with E-state index in [4.69, 9.17) is 0 Å². The Hall–Kier alpha value is -0.0900. The van der Waals surface area contributed by atoms with Gasteiger partial charge in [-0.2, -0.15) is 0 Å². The van der Waals surface area contributed by atoms with Gasteiger partial charge in [0.1, 0.15) is 0 Å². The lowest BCUT2D eigenvalue weighted by molar-refractivity contribution is 0.436. The van der Waals surface area contributed by atoms with E-state index in [1.807, 2.05) is 0 Å². The molecule has 0 amide bonds. The summed E-state index contributed by atoms with van der Waals surface area (Å²) in [6.45, 7) is 2.17. The molecular formula is C9H17NO2S. The quantitative estimate of drug-likeness (QED) is 0.729. The first-order valence-corrected chi connectivity index (χ1v) is 6.85. The van der Waals surface area contributed by atoms with Gasteiger partial charge in [0, 0.05) is 12.1 Å². The Morgan fingerprint density at radius 3 is 2.46 bits per heavy atom. The summed E-state index contributed by atoms with van der Waals surface area (Å²) >= 11 is 0. The first-order chi connectivity index (χ1) is 6.07. The van der Waals surface area contributed by atoms with Crippen LogP contribution >= 0.6 is 0 Å². The smallest absolute Gasteiger partial charge is 0.151 e. The first kappa shape index (κ1) is 9.46. The van der Waals surface area contributed by atoms with Gasteiger partial charge in [0.2, 0.25) is 0 Å². The molecule has 0 radical (unpaired) electrons. The molecule has 4 heteroatoms. The fraction of sp³-hybridized carbons (Fsp3) is 1.00. The monoisotopic (exact) mass is 203 g/mol. The Labute approximate surface area is 79.8 Å². The van der Waals surface area contributed by atoms with Crippen molar-refractivity contribution in [2.45, 2.75) is 38.3 Å². The number of hydrogen-bond acceptors (Lipinski definition) is 3. The lowest BCUT2D eigenvalue weighted by Crippen LogP contribution is -2.38. The Morgan fingerprint density at radius 2 is 2.00 bits per heavy atom. The highest BCUT2D eigenvalue weighted by molar-refractivity contribution is 7.91. The molecule has 0 unspecified atom stereocenters. The molecule has 2 atom stereocenters. The van der Waals surface area contributed by atoms with E-state index in [1.54, 1.807) is 0 Å². The SMILES string of the molecule is C[C@H](N[C@@H]1CCS(=O)(=O)C1)C1CC1. The van der Waals surface area contributed by atoms with Crippen LogP contribution < -0.4 is 5.32 Å². The first-order valence-electron chi connectivity index (χ1n) is 5.03. The van der Waals surface area contributed by atoms with Gasteiger partial charge >= 0.3 is 0 Å². The van der Waals surface area contributed by atoms with Crippen LogP contribution in [-0.4, -0.2) is 32.0 Å². The van der Waals surface area contributed by atoms with Crippen LogP contribution in [0.25, 0.3) is 0 Å². The maximum absolute atomic E-state index is 11.2. The van der Waals surface area contributed by atoms with E-state index in [0.29, 0.717) is 17.5 Å². The van der Waals surface area contributed by atoms with Gasteiger partial charge in [0.25, 0.3) is 0 Å². The molecule has 1 saturated heterocycles. The fourth-order valence-corrected chi connectivity index (χ4v) is 3.72. The lowest BCUT2D eigenvalue weighted by Gasteiger charge is -2.17. The molecule has 1 N–H and O–H groups in total. The van der Waals surface area contributed by atoms with Crippen LogP contribution in [0.5, 0.6) is 0 Å². The third-order valence-corrected chi connectivity index (χ3v) is 4.83. The van der Waals surface area contributed by atoms with Gasteiger partial charge in [-0.25, -0.2) is 8.42 Å². The van der Waals surface area contributed by atoms with Crippen LogP contribution in [0.3, 0.4) is 0 Å². The van der Waals surface area contributed by atoms with Crippen LogP contribution in [0.2, 0.25) is 0 Å². The highest BCUT2D eigenvalue weighted by atomic mass is 32.2. The Morgan fingerprint density at radius 1 is 1.31 bits per heavy atom. The van der Waals surface area contributed by atoms with Gasteiger partial charge < -0.3 is 5.32 Å². The molecule has 76 valence electrons. The van der Waals surface area contributed by atoms with Crippen molar-refractivity contribution in [1.29, 1.82) is 0 Å². The van der Waals surface area contributed by atoms with Crippen LogP contribution in [0.1, 0.15) is 26.2 Å². The minimum absolute atomic E-state index is 0.223. The molecule has 1 saturated carbocycles. The van der Waals surface area contributed by atoms with E-state index >= 15 is 0 Å². The third-order valence-electron chi connectivity index (χ3n) is 3.06. The van der Waals surface area contributed by atoms with Gasteiger partial charge in [-0.05, 0) is 32.1 Å². The lowest BCUT2D eigenvalue weighted by atomic mass is 10.1. The zero-order valence-electron chi connectivity index (χ0n) is 7.99. The zero-order chi connectivity index (χ0) is 9.47. The second-order valence-corrected chi connectivity index (χ2v) is 6.62. The molecule has 2 rings (SSSR count). The second-order valence-electron chi connectivity index (χ2n) is 4.39. The highest BCUT2D eigenvalue weighted by Gasteiger charge is 2.33. The van der Waals surface area contributed by atoms with Gasteiger partial charge in [-0.15, -0.1) is 0 Å². The molecule has 1 heterocycles. The Balaban J connectivity index is 1.83. The summed E-state index contributed by atoms with van der Waals surface area (Å²) in [6, 6.07) is 0.735. The highest BCUT2D eigenvalue weighted by Crippen LogP contribution is 2.32. The van der Waals surface area contributed by atoms with Gasteiger partial charge in [-0.1, -0.05) is 0 Å². The summed E-state index contributed by atoms with van der Waals surface area (Å²) in [5.41, 5.74) is 0. The van der Waals surface area contributed by atoms with Crippen LogP contribution in [0, 0.1) is 5.92 Å².